The van der Waals surface area contributed by atoms with Crippen LogP contribution in [0, 0.1) is 6.92 Å². The largest absolute Gasteiger partial charge is 0.340 e. The number of aromatic nitrogens is 2. The highest BCUT2D eigenvalue weighted by Gasteiger charge is 2.13. The number of imidazole rings is 1. The lowest BCUT2D eigenvalue weighted by molar-refractivity contribution is 0.0936. The van der Waals surface area contributed by atoms with Crippen LogP contribution in [0.1, 0.15) is 16.2 Å². The minimum absolute atomic E-state index is 0.410. The molecule has 7 nitrogen and oxygen atoms in total. The summed E-state index contributed by atoms with van der Waals surface area (Å²) in [5, 5.41) is 2.35. The van der Waals surface area contributed by atoms with Crippen LogP contribution in [0.25, 0.3) is 16.7 Å². The number of nitrogens with zero attached hydrogens (tertiary/aromatic N) is 2. The molecule has 0 radical (unpaired) electrons. The average Bonchev–Trinajstić information content (AvgIpc) is 2.94. The fourth-order valence-electron chi connectivity index (χ4n) is 2.49. The normalized spacial score (nSPS) is 10.4. The number of hydrogen-bond donors (Lipinski definition) is 3. The van der Waals surface area contributed by atoms with Crippen LogP contribution in [0.5, 0.6) is 0 Å². The third-order valence-electron chi connectivity index (χ3n) is 3.62. The standard InChI is InChI=1S/C17H17N5O2/c1-11-19-14-10-12(16(23)20-21-17(24)18-2)8-9-15(14)22(11)13-6-4-3-5-7-13/h3-10H,1-2H3,(H,20,23)(H2,18,21,24). The van der Waals surface area contributed by atoms with E-state index in [0.29, 0.717) is 11.1 Å². The number of aryl methyl sites for hydroxylation is 1. The van der Waals surface area contributed by atoms with Gasteiger partial charge in [0.25, 0.3) is 5.91 Å². The quantitative estimate of drug-likeness (QED) is 0.630. The summed E-state index contributed by atoms with van der Waals surface area (Å²) in [5.74, 6) is 0.421. The van der Waals surface area contributed by atoms with Gasteiger partial charge in [0.1, 0.15) is 5.82 Å². The molecule has 122 valence electrons. The Morgan fingerprint density at radius 1 is 1.04 bits per heavy atom. The fraction of sp³-hybridized carbons (Fsp3) is 0.118. The van der Waals surface area contributed by atoms with Crippen molar-refractivity contribution in [3.63, 3.8) is 0 Å². The van der Waals surface area contributed by atoms with Crippen molar-refractivity contribution in [1.29, 1.82) is 0 Å². The van der Waals surface area contributed by atoms with Gasteiger partial charge in [0.05, 0.1) is 11.0 Å². The molecule has 1 aromatic heterocycles. The number of carbonyl (C=O) groups is 2. The van der Waals surface area contributed by atoms with Crippen LogP contribution in [0.3, 0.4) is 0 Å². The molecule has 7 heteroatoms. The summed E-state index contributed by atoms with van der Waals surface area (Å²) in [6.07, 6.45) is 0. The topological polar surface area (TPSA) is 88.1 Å². The van der Waals surface area contributed by atoms with Gasteiger partial charge < -0.3 is 5.32 Å². The number of benzene rings is 2. The highest BCUT2D eigenvalue weighted by Crippen LogP contribution is 2.22. The number of amides is 3. The first-order chi connectivity index (χ1) is 11.6. The molecule has 0 aliphatic rings. The van der Waals surface area contributed by atoms with E-state index in [9.17, 15) is 9.59 Å². The van der Waals surface area contributed by atoms with Gasteiger partial charge in [-0.1, -0.05) is 18.2 Å². The molecule has 0 spiro atoms. The van der Waals surface area contributed by atoms with Crippen molar-refractivity contribution in [2.45, 2.75) is 6.92 Å². The molecule has 24 heavy (non-hydrogen) atoms. The third-order valence-corrected chi connectivity index (χ3v) is 3.62. The van der Waals surface area contributed by atoms with E-state index in [1.54, 1.807) is 12.1 Å². The van der Waals surface area contributed by atoms with Crippen molar-refractivity contribution in [3.8, 4) is 5.69 Å². The molecule has 3 N–H and O–H groups in total. The van der Waals surface area contributed by atoms with Crippen molar-refractivity contribution in [1.82, 2.24) is 25.7 Å². The minimum Gasteiger partial charge on any atom is -0.340 e. The van der Waals surface area contributed by atoms with Crippen LogP contribution in [0.2, 0.25) is 0 Å². The summed E-state index contributed by atoms with van der Waals surface area (Å²) >= 11 is 0. The smallest absolute Gasteiger partial charge is 0.333 e. The lowest BCUT2D eigenvalue weighted by atomic mass is 10.2. The molecule has 0 fully saturated rings. The zero-order chi connectivity index (χ0) is 17.1. The Balaban J connectivity index is 1.93. The Kier molecular flexibility index (Phi) is 4.15. The average molecular weight is 323 g/mol. The van der Waals surface area contributed by atoms with Crippen molar-refractivity contribution >= 4 is 23.0 Å². The molecule has 0 atom stereocenters. The van der Waals surface area contributed by atoms with E-state index < -0.39 is 11.9 Å². The lowest BCUT2D eigenvalue weighted by Crippen LogP contribution is -2.45. The summed E-state index contributed by atoms with van der Waals surface area (Å²) in [6, 6.07) is 14.6. The molecule has 0 aliphatic heterocycles. The van der Waals surface area contributed by atoms with Crippen molar-refractivity contribution in [2.75, 3.05) is 7.05 Å². The second-order valence-corrected chi connectivity index (χ2v) is 5.19. The number of urea groups is 1. The van der Waals surface area contributed by atoms with E-state index >= 15 is 0 Å². The Morgan fingerprint density at radius 3 is 2.50 bits per heavy atom. The zero-order valence-electron chi connectivity index (χ0n) is 13.3. The van der Waals surface area contributed by atoms with E-state index in [0.717, 1.165) is 17.0 Å². The van der Waals surface area contributed by atoms with Crippen LogP contribution < -0.4 is 16.2 Å². The third kappa shape index (κ3) is 2.91. The van der Waals surface area contributed by atoms with Crippen molar-refractivity contribution < 1.29 is 9.59 Å². The van der Waals surface area contributed by atoms with E-state index in [4.69, 9.17) is 0 Å². The maximum atomic E-state index is 12.1. The number of para-hydroxylation sites is 1. The summed E-state index contributed by atoms with van der Waals surface area (Å²) < 4.78 is 2.03. The first kappa shape index (κ1) is 15.5. The number of hydrazine groups is 1. The molecule has 0 bridgehead atoms. The summed E-state index contributed by atoms with van der Waals surface area (Å²) in [5.41, 5.74) is 7.63. The second-order valence-electron chi connectivity index (χ2n) is 5.19. The van der Waals surface area contributed by atoms with Gasteiger partial charge in [-0.2, -0.15) is 0 Å². The van der Waals surface area contributed by atoms with Crippen molar-refractivity contribution in [3.05, 3.63) is 59.9 Å². The molecule has 2 aromatic carbocycles. The predicted octanol–water partition coefficient (Wildman–Crippen LogP) is 1.91. The summed E-state index contributed by atoms with van der Waals surface area (Å²) in [6.45, 7) is 1.92. The van der Waals surface area contributed by atoms with Crippen LogP contribution in [0.4, 0.5) is 4.79 Å². The first-order valence-electron chi connectivity index (χ1n) is 7.42. The highest BCUT2D eigenvalue weighted by atomic mass is 16.2. The van der Waals surface area contributed by atoms with Gasteiger partial charge in [0, 0.05) is 18.3 Å². The van der Waals surface area contributed by atoms with Gasteiger partial charge >= 0.3 is 6.03 Å². The first-order valence-corrected chi connectivity index (χ1v) is 7.42. The SMILES string of the molecule is CNC(=O)NNC(=O)c1ccc2c(c1)nc(C)n2-c1ccccc1. The van der Waals surface area contributed by atoms with Crippen LogP contribution >= 0.6 is 0 Å². The molecule has 0 saturated heterocycles. The van der Waals surface area contributed by atoms with Gasteiger partial charge in [-0.3, -0.25) is 14.8 Å². The monoisotopic (exact) mass is 323 g/mol. The Bertz CT molecular complexity index is 902. The molecule has 3 amide bonds. The minimum atomic E-state index is -0.492. The Hall–Kier alpha value is -3.35. The number of hydrogen-bond acceptors (Lipinski definition) is 3. The van der Waals surface area contributed by atoms with E-state index in [1.807, 2.05) is 47.9 Å². The maximum absolute atomic E-state index is 12.1. The maximum Gasteiger partial charge on any atom is 0.333 e. The van der Waals surface area contributed by atoms with Crippen molar-refractivity contribution in [2.24, 2.45) is 0 Å². The molecule has 0 aliphatic carbocycles. The molecule has 0 saturated carbocycles. The van der Waals surface area contributed by atoms with Gasteiger partial charge in [0.2, 0.25) is 0 Å². The van der Waals surface area contributed by atoms with Crippen LogP contribution in [-0.2, 0) is 0 Å². The van der Waals surface area contributed by atoms with Gasteiger partial charge in [-0.15, -0.1) is 0 Å². The zero-order valence-corrected chi connectivity index (χ0v) is 13.3. The number of rotatable bonds is 2. The number of nitrogens with one attached hydrogen (secondary N) is 3. The molecule has 0 unspecified atom stereocenters. The van der Waals surface area contributed by atoms with E-state index in [-0.39, 0.29) is 0 Å². The highest BCUT2D eigenvalue weighted by molar-refractivity contribution is 5.98. The second kappa shape index (κ2) is 6.41. The van der Waals surface area contributed by atoms with Crippen LogP contribution in [-0.4, -0.2) is 28.5 Å². The number of fused-ring (bicyclic) bond motifs is 1. The molecule has 3 aromatic rings. The molecular weight excluding hydrogens is 306 g/mol. The van der Waals surface area contributed by atoms with Gasteiger partial charge in [-0.05, 0) is 37.3 Å². The molecule has 3 rings (SSSR count). The van der Waals surface area contributed by atoms with Gasteiger partial charge in [0.15, 0.2) is 0 Å². The lowest BCUT2D eigenvalue weighted by Gasteiger charge is -2.08. The predicted molar refractivity (Wildman–Crippen MR) is 90.9 cm³/mol. The van der Waals surface area contributed by atoms with Gasteiger partial charge in [-0.25, -0.2) is 15.2 Å². The Morgan fingerprint density at radius 2 is 1.79 bits per heavy atom. The molecule has 1 heterocycles. The van der Waals surface area contributed by atoms with E-state index in [2.05, 4.69) is 21.2 Å². The summed E-state index contributed by atoms with van der Waals surface area (Å²) in [7, 11) is 1.46. The van der Waals surface area contributed by atoms with E-state index in [1.165, 1.54) is 7.05 Å². The molecular formula is C17H17N5O2. The number of carbonyl (C=O) groups excluding carboxylic acids is 2. The Labute approximate surface area is 138 Å². The fourth-order valence-corrected chi connectivity index (χ4v) is 2.49. The summed E-state index contributed by atoms with van der Waals surface area (Å²) in [4.78, 5) is 27.7. The van der Waals surface area contributed by atoms with Crippen LogP contribution in [0.15, 0.2) is 48.5 Å².